The molecule has 0 N–H and O–H groups in total. The van der Waals surface area contributed by atoms with Crippen molar-refractivity contribution in [2.45, 2.75) is 51.7 Å². The molecule has 1 aromatic rings. The van der Waals surface area contributed by atoms with Gasteiger partial charge in [0.15, 0.2) is 0 Å². The van der Waals surface area contributed by atoms with E-state index >= 15 is 0 Å². The van der Waals surface area contributed by atoms with E-state index in [0.29, 0.717) is 12.5 Å². The normalized spacial score (nSPS) is 24.1. The van der Waals surface area contributed by atoms with Crippen molar-refractivity contribution < 1.29 is 18.4 Å². The third kappa shape index (κ3) is 3.53. The molecule has 2 aliphatic rings. The molecule has 24 heavy (non-hydrogen) atoms. The zero-order valence-corrected chi connectivity index (χ0v) is 16.0. The van der Waals surface area contributed by atoms with Crippen molar-refractivity contribution in [3.05, 3.63) is 34.6 Å². The van der Waals surface area contributed by atoms with Crippen LogP contribution in [0.3, 0.4) is 0 Å². The Bertz CT molecular complexity index is 645. The fourth-order valence-corrected chi connectivity index (χ4v) is 2.87. The summed E-state index contributed by atoms with van der Waals surface area (Å²) in [6.07, 6.45) is 5.03. The summed E-state index contributed by atoms with van der Waals surface area (Å²) in [6, 6.07) is 3.68. The first-order valence-electron chi connectivity index (χ1n) is 8.11. The molecule has 0 spiro atoms. The quantitative estimate of drug-likeness (QED) is 0.686. The van der Waals surface area contributed by atoms with E-state index in [2.05, 4.69) is 20.9 Å². The van der Waals surface area contributed by atoms with Crippen molar-refractivity contribution >= 4 is 23.0 Å². The lowest BCUT2D eigenvalue weighted by atomic mass is 9.85. The van der Waals surface area contributed by atoms with E-state index in [9.17, 15) is 4.39 Å². The van der Waals surface area contributed by atoms with Crippen LogP contribution in [0, 0.1) is 5.41 Å². The van der Waals surface area contributed by atoms with Gasteiger partial charge in [0.1, 0.15) is 5.73 Å². The fourth-order valence-electron chi connectivity index (χ4n) is 2.50. The number of hydrogen-bond donors (Lipinski definition) is 0. The van der Waals surface area contributed by atoms with E-state index in [1.54, 1.807) is 12.3 Å². The van der Waals surface area contributed by atoms with E-state index in [4.69, 9.17) is 14.0 Å². The molecule has 1 saturated heterocycles. The summed E-state index contributed by atoms with van der Waals surface area (Å²) in [6.45, 7) is 8.03. The van der Waals surface area contributed by atoms with E-state index < -0.39 is 18.3 Å². The van der Waals surface area contributed by atoms with Crippen molar-refractivity contribution in [3.63, 3.8) is 0 Å². The van der Waals surface area contributed by atoms with Gasteiger partial charge in [-0.15, -0.1) is 0 Å². The van der Waals surface area contributed by atoms with Crippen molar-refractivity contribution in [1.82, 2.24) is 4.98 Å². The molecule has 0 unspecified atom stereocenters. The van der Waals surface area contributed by atoms with Crippen LogP contribution in [0.15, 0.2) is 34.6 Å². The van der Waals surface area contributed by atoms with Crippen molar-refractivity contribution in [2.75, 3.05) is 6.61 Å². The third-order valence-corrected chi connectivity index (χ3v) is 5.64. The first-order valence-corrected chi connectivity index (χ1v) is 8.91. The summed E-state index contributed by atoms with van der Waals surface area (Å²) < 4.78 is 32.7. The zero-order valence-electron chi connectivity index (χ0n) is 14.4. The first kappa shape index (κ1) is 17.9. The van der Waals surface area contributed by atoms with Gasteiger partial charge < -0.3 is 14.0 Å². The Kier molecular flexibility index (Phi) is 4.56. The molecule has 1 aromatic heterocycles. The second-order valence-corrected chi connectivity index (χ2v) is 8.41. The zero-order chi connectivity index (χ0) is 17.6. The smallest absolute Gasteiger partial charge is 0.476 e. The molecule has 0 radical (unpaired) electrons. The lowest BCUT2D eigenvalue weighted by Gasteiger charge is -2.32. The summed E-state index contributed by atoms with van der Waals surface area (Å²) in [7, 11) is -0.950. The topological polar surface area (TPSA) is 40.6 Å². The maximum absolute atomic E-state index is 14.7. The van der Waals surface area contributed by atoms with Crippen molar-refractivity contribution in [2.24, 2.45) is 5.41 Å². The van der Waals surface area contributed by atoms with E-state index in [-0.39, 0.29) is 11.1 Å². The lowest BCUT2D eigenvalue weighted by Crippen LogP contribution is -2.41. The molecular weight excluding hydrogens is 376 g/mol. The van der Waals surface area contributed by atoms with Gasteiger partial charge in [-0.3, -0.25) is 0 Å². The SMILES string of the molecule is CC1(C)OB(C(F)=CC2(COc3ncccc3Br)CC2)OC1(C)C. The number of pyridine rings is 1. The molecule has 1 aliphatic carbocycles. The van der Waals surface area contributed by atoms with Crippen LogP contribution in [0.1, 0.15) is 40.5 Å². The van der Waals surface area contributed by atoms with Crippen LogP contribution in [0.5, 0.6) is 5.88 Å². The van der Waals surface area contributed by atoms with Gasteiger partial charge >= 0.3 is 7.12 Å². The molecule has 1 saturated carbocycles. The van der Waals surface area contributed by atoms with Gasteiger partial charge in [-0.05, 0) is 74.7 Å². The number of ether oxygens (including phenoxy) is 1. The Morgan fingerprint density at radius 3 is 2.50 bits per heavy atom. The van der Waals surface area contributed by atoms with Crippen LogP contribution in [-0.2, 0) is 9.31 Å². The maximum atomic E-state index is 14.7. The van der Waals surface area contributed by atoms with Crippen LogP contribution in [0.2, 0.25) is 0 Å². The van der Waals surface area contributed by atoms with Gasteiger partial charge in [0.2, 0.25) is 5.88 Å². The highest BCUT2D eigenvalue weighted by Crippen LogP contribution is 2.49. The van der Waals surface area contributed by atoms with E-state index in [1.165, 1.54) is 0 Å². The molecule has 0 aromatic carbocycles. The largest absolute Gasteiger partial charge is 0.524 e. The third-order valence-electron chi connectivity index (χ3n) is 5.04. The molecule has 130 valence electrons. The first-order chi connectivity index (χ1) is 11.1. The molecule has 1 aliphatic heterocycles. The summed E-state index contributed by atoms with van der Waals surface area (Å²) >= 11 is 3.40. The summed E-state index contributed by atoms with van der Waals surface area (Å²) in [4.78, 5) is 4.17. The summed E-state index contributed by atoms with van der Waals surface area (Å²) in [5.41, 5.74) is -1.77. The number of rotatable bonds is 5. The minimum absolute atomic E-state index is 0.301. The van der Waals surface area contributed by atoms with Crippen LogP contribution in [0.25, 0.3) is 0 Å². The van der Waals surface area contributed by atoms with Gasteiger partial charge in [0.05, 0.1) is 22.3 Å². The Labute approximate surface area is 151 Å². The molecule has 7 heteroatoms. The number of halogens is 2. The Morgan fingerprint density at radius 2 is 1.96 bits per heavy atom. The summed E-state index contributed by atoms with van der Waals surface area (Å²) in [5.74, 6) is 0.521. The molecule has 0 amide bonds. The average Bonchev–Trinajstić information content (AvgIpc) is 3.20. The van der Waals surface area contributed by atoms with Crippen LogP contribution < -0.4 is 4.74 Å². The molecule has 0 bridgehead atoms. The van der Waals surface area contributed by atoms with Gasteiger partial charge in [-0.2, -0.15) is 0 Å². The predicted molar refractivity (Wildman–Crippen MR) is 94.4 cm³/mol. The average molecular weight is 398 g/mol. The van der Waals surface area contributed by atoms with Crippen molar-refractivity contribution in [3.8, 4) is 5.88 Å². The van der Waals surface area contributed by atoms with Gasteiger partial charge in [-0.1, -0.05) is 0 Å². The number of hydrogen-bond acceptors (Lipinski definition) is 4. The summed E-state index contributed by atoms with van der Waals surface area (Å²) in [5, 5.41) is 0. The highest BCUT2D eigenvalue weighted by atomic mass is 79.9. The van der Waals surface area contributed by atoms with Crippen molar-refractivity contribution in [1.29, 1.82) is 0 Å². The second-order valence-electron chi connectivity index (χ2n) is 7.56. The van der Waals surface area contributed by atoms with Gasteiger partial charge in [0, 0.05) is 11.6 Å². The number of aromatic nitrogens is 1. The van der Waals surface area contributed by atoms with Crippen LogP contribution in [-0.4, -0.2) is 29.9 Å². The highest BCUT2D eigenvalue weighted by Gasteiger charge is 2.54. The van der Waals surface area contributed by atoms with E-state index in [1.807, 2.05) is 39.8 Å². The Hall–Kier alpha value is -0.915. The molecule has 4 nitrogen and oxygen atoms in total. The van der Waals surface area contributed by atoms with Crippen LogP contribution in [0.4, 0.5) is 4.39 Å². The second kappa shape index (κ2) is 6.11. The predicted octanol–water partition coefficient (Wildman–Crippen LogP) is 4.49. The molecule has 0 atom stereocenters. The van der Waals surface area contributed by atoms with Gasteiger partial charge in [0.25, 0.3) is 0 Å². The molecule has 2 fully saturated rings. The Morgan fingerprint density at radius 1 is 1.33 bits per heavy atom. The maximum Gasteiger partial charge on any atom is 0.524 e. The highest BCUT2D eigenvalue weighted by molar-refractivity contribution is 9.10. The molecular formula is C17H22BBrFNO3. The minimum atomic E-state index is -0.950. The minimum Gasteiger partial charge on any atom is -0.476 e. The number of nitrogens with zero attached hydrogens (tertiary/aromatic N) is 1. The lowest BCUT2D eigenvalue weighted by molar-refractivity contribution is 0.00578. The van der Waals surface area contributed by atoms with E-state index in [0.717, 1.165) is 17.3 Å². The van der Waals surface area contributed by atoms with Crippen LogP contribution >= 0.6 is 15.9 Å². The Balaban J connectivity index is 1.66. The fraction of sp³-hybridized carbons (Fsp3) is 0.588. The molecule has 3 rings (SSSR count). The standard InChI is InChI=1S/C17H22BBrFNO3/c1-15(2)16(3,4)24-18(23-15)13(20)10-17(7-8-17)11-22-14-12(19)6-5-9-21-14/h5-6,9-10H,7-8,11H2,1-4H3. The monoisotopic (exact) mass is 397 g/mol. The van der Waals surface area contributed by atoms with Gasteiger partial charge in [-0.25, -0.2) is 9.37 Å². The molecule has 2 heterocycles.